The highest BCUT2D eigenvalue weighted by atomic mass is 35.5. The van der Waals surface area contributed by atoms with Gasteiger partial charge in [-0.25, -0.2) is 19.3 Å². The van der Waals surface area contributed by atoms with Crippen molar-refractivity contribution < 1.29 is 9.53 Å². The first-order chi connectivity index (χ1) is 12.8. The molecule has 0 amide bonds. The summed E-state index contributed by atoms with van der Waals surface area (Å²) >= 11 is 7.56. The monoisotopic (exact) mass is 404 g/mol. The fraction of sp³-hybridized carbons (Fsp3) is 0.353. The summed E-state index contributed by atoms with van der Waals surface area (Å²) in [6.45, 7) is 7.62. The largest absolute Gasteiger partial charge is 0.465 e. The zero-order chi connectivity index (χ0) is 19.5. The number of carbonyl (C=O) groups is 1. The number of carbonyl (C=O) groups excluding carboxylic acids is 1. The van der Waals surface area contributed by atoms with Crippen molar-refractivity contribution in [3.63, 3.8) is 0 Å². The Kier molecular flexibility index (Phi) is 4.15. The van der Waals surface area contributed by atoms with Crippen LogP contribution in [0.3, 0.4) is 0 Å². The molecule has 8 nitrogen and oxygen atoms in total. The molecule has 0 N–H and O–H groups in total. The van der Waals surface area contributed by atoms with Gasteiger partial charge in [-0.15, -0.1) is 16.4 Å². The first-order valence-electron chi connectivity index (χ1n) is 8.27. The van der Waals surface area contributed by atoms with Crippen LogP contribution in [0.1, 0.15) is 45.4 Å². The van der Waals surface area contributed by atoms with E-state index >= 15 is 0 Å². The lowest BCUT2D eigenvalue weighted by molar-refractivity contribution is 0.0605. The van der Waals surface area contributed by atoms with Crippen LogP contribution in [0.25, 0.3) is 15.9 Å². The molecule has 1 unspecified atom stereocenters. The van der Waals surface area contributed by atoms with E-state index in [0.29, 0.717) is 21.4 Å². The van der Waals surface area contributed by atoms with Gasteiger partial charge in [0.15, 0.2) is 11.5 Å². The number of hydrogen-bond acceptors (Lipinski definition) is 7. The summed E-state index contributed by atoms with van der Waals surface area (Å²) < 4.78 is 8.31. The van der Waals surface area contributed by atoms with Gasteiger partial charge in [0.05, 0.1) is 28.9 Å². The second-order valence-corrected chi connectivity index (χ2v) is 7.69. The Morgan fingerprint density at radius 2 is 2.04 bits per heavy atom. The highest BCUT2D eigenvalue weighted by Gasteiger charge is 2.23. The van der Waals surface area contributed by atoms with E-state index < -0.39 is 0 Å². The second kappa shape index (κ2) is 6.28. The van der Waals surface area contributed by atoms with Crippen LogP contribution >= 0.6 is 22.9 Å². The Morgan fingerprint density at radius 3 is 2.67 bits per heavy atom. The fourth-order valence-corrected chi connectivity index (χ4v) is 4.33. The number of aryl methyl sites for hydroxylation is 2. The minimum atomic E-state index is -0.376. The molecule has 0 bridgehead atoms. The number of rotatable bonds is 3. The van der Waals surface area contributed by atoms with Crippen LogP contribution < -0.4 is 0 Å². The van der Waals surface area contributed by atoms with Crippen LogP contribution in [0.2, 0.25) is 5.02 Å². The zero-order valence-electron chi connectivity index (χ0n) is 15.4. The van der Waals surface area contributed by atoms with Crippen molar-refractivity contribution in [2.75, 3.05) is 7.11 Å². The molecular formula is C17H17ClN6O2S. The van der Waals surface area contributed by atoms with Gasteiger partial charge in [-0.3, -0.25) is 4.68 Å². The van der Waals surface area contributed by atoms with Gasteiger partial charge in [-0.05, 0) is 33.3 Å². The number of methoxy groups -OCH3 is 1. The Morgan fingerprint density at radius 1 is 1.30 bits per heavy atom. The lowest BCUT2D eigenvalue weighted by Gasteiger charge is -2.10. The predicted molar refractivity (Wildman–Crippen MR) is 103 cm³/mol. The molecule has 0 spiro atoms. The lowest BCUT2D eigenvalue weighted by atomic mass is 10.2. The maximum absolute atomic E-state index is 12.0. The topological polar surface area (TPSA) is 87.2 Å². The molecule has 4 aromatic rings. The normalized spacial score (nSPS) is 12.8. The number of thiophene rings is 1. The third kappa shape index (κ3) is 2.61. The van der Waals surface area contributed by atoms with Crippen molar-refractivity contribution in [3.05, 3.63) is 39.0 Å². The van der Waals surface area contributed by atoms with Gasteiger partial charge in [0.2, 0.25) is 0 Å². The molecule has 0 aliphatic heterocycles. The number of hydrogen-bond donors (Lipinski definition) is 0. The highest BCUT2D eigenvalue weighted by molar-refractivity contribution is 7.20. The number of esters is 1. The summed E-state index contributed by atoms with van der Waals surface area (Å²) in [7, 11) is 1.37. The molecule has 0 aromatic carbocycles. The molecule has 4 heterocycles. The van der Waals surface area contributed by atoms with Gasteiger partial charge in [-0.2, -0.15) is 5.10 Å². The molecule has 0 radical (unpaired) electrons. The molecule has 0 fully saturated rings. The molecular weight excluding hydrogens is 388 g/mol. The summed E-state index contributed by atoms with van der Waals surface area (Å²) in [6.07, 6.45) is 1.60. The van der Waals surface area contributed by atoms with E-state index in [9.17, 15) is 4.79 Å². The van der Waals surface area contributed by atoms with E-state index in [0.717, 1.165) is 27.2 Å². The molecule has 4 rings (SSSR count). The highest BCUT2D eigenvalue weighted by Crippen LogP contribution is 2.33. The van der Waals surface area contributed by atoms with Gasteiger partial charge < -0.3 is 4.74 Å². The summed E-state index contributed by atoms with van der Waals surface area (Å²) in [6, 6.07) is -0.204. The molecule has 0 aliphatic rings. The third-order valence-corrected chi connectivity index (χ3v) is 6.36. The van der Waals surface area contributed by atoms with Crippen molar-refractivity contribution >= 4 is 44.8 Å². The molecule has 4 aromatic heterocycles. The quantitative estimate of drug-likeness (QED) is 0.485. The number of fused-ring (bicyclic) bond motifs is 3. The van der Waals surface area contributed by atoms with Crippen LogP contribution in [0.5, 0.6) is 0 Å². The Bertz CT molecular complexity index is 1210. The lowest BCUT2D eigenvalue weighted by Crippen LogP contribution is -2.12. The van der Waals surface area contributed by atoms with Crippen molar-refractivity contribution in [2.24, 2.45) is 0 Å². The molecule has 0 saturated carbocycles. The molecule has 10 heteroatoms. The fourth-order valence-electron chi connectivity index (χ4n) is 3.14. The summed E-state index contributed by atoms with van der Waals surface area (Å²) in [5.41, 5.74) is 3.08. The number of aromatic nitrogens is 6. The number of halogens is 1. The van der Waals surface area contributed by atoms with Crippen molar-refractivity contribution in [1.29, 1.82) is 0 Å². The average Bonchev–Trinajstić information content (AvgIpc) is 3.31. The van der Waals surface area contributed by atoms with Crippen LogP contribution in [0.15, 0.2) is 6.33 Å². The Hall–Kier alpha value is -2.52. The van der Waals surface area contributed by atoms with E-state index in [1.807, 2.05) is 32.4 Å². The average molecular weight is 405 g/mol. The van der Waals surface area contributed by atoms with Crippen LogP contribution in [0.4, 0.5) is 0 Å². The maximum Gasteiger partial charge on any atom is 0.348 e. The molecule has 0 aliphatic carbocycles. The van der Waals surface area contributed by atoms with E-state index in [2.05, 4.69) is 15.2 Å². The van der Waals surface area contributed by atoms with E-state index in [1.54, 1.807) is 10.8 Å². The van der Waals surface area contributed by atoms with Crippen molar-refractivity contribution in [1.82, 2.24) is 29.4 Å². The molecule has 27 heavy (non-hydrogen) atoms. The van der Waals surface area contributed by atoms with Crippen LogP contribution in [0, 0.1) is 20.8 Å². The van der Waals surface area contributed by atoms with Gasteiger partial charge in [-0.1, -0.05) is 11.6 Å². The summed E-state index contributed by atoms with van der Waals surface area (Å²) in [5.74, 6) is 0.218. The minimum absolute atomic E-state index is 0.204. The maximum atomic E-state index is 12.0. The van der Waals surface area contributed by atoms with E-state index in [-0.39, 0.29) is 12.0 Å². The van der Waals surface area contributed by atoms with Gasteiger partial charge in [0.1, 0.15) is 22.1 Å². The van der Waals surface area contributed by atoms with Crippen molar-refractivity contribution in [3.8, 4) is 0 Å². The second-order valence-electron chi connectivity index (χ2n) is 6.32. The van der Waals surface area contributed by atoms with Gasteiger partial charge >= 0.3 is 5.97 Å². The smallest absolute Gasteiger partial charge is 0.348 e. The molecule has 0 saturated heterocycles. The Balaban J connectivity index is 1.89. The summed E-state index contributed by atoms with van der Waals surface area (Å²) in [4.78, 5) is 22.4. The Labute approximate surface area is 163 Å². The molecule has 140 valence electrons. The SMILES string of the molecule is COC(=O)c1sc2ncn3nc(C(C)n4nc(C)c(Cl)c4C)nc3c2c1C. The standard InChI is InChI=1S/C17H17ClN6O2S/c1-7-11-15-20-14(10(4)24-9(3)12(18)8(2)21-24)22-23(15)6-19-16(11)27-13(7)17(25)26-5/h6,10H,1-5H3. The number of ether oxygens (including phenoxy) is 1. The first kappa shape index (κ1) is 17.9. The third-order valence-electron chi connectivity index (χ3n) is 4.63. The first-order valence-corrected chi connectivity index (χ1v) is 9.46. The molecule has 1 atom stereocenters. The predicted octanol–water partition coefficient (Wildman–Crippen LogP) is 3.51. The van der Waals surface area contributed by atoms with E-state index in [4.69, 9.17) is 21.3 Å². The minimum Gasteiger partial charge on any atom is -0.465 e. The van der Waals surface area contributed by atoms with Crippen LogP contribution in [-0.2, 0) is 4.74 Å². The van der Waals surface area contributed by atoms with E-state index in [1.165, 1.54) is 18.4 Å². The van der Waals surface area contributed by atoms with Gasteiger partial charge in [0, 0.05) is 0 Å². The van der Waals surface area contributed by atoms with Gasteiger partial charge in [0.25, 0.3) is 0 Å². The van der Waals surface area contributed by atoms with Crippen LogP contribution in [-0.4, -0.2) is 42.4 Å². The summed E-state index contributed by atoms with van der Waals surface area (Å²) in [5, 5.41) is 10.5. The number of nitrogens with zero attached hydrogens (tertiary/aromatic N) is 6. The van der Waals surface area contributed by atoms with Crippen molar-refractivity contribution in [2.45, 2.75) is 33.7 Å². The zero-order valence-corrected chi connectivity index (χ0v) is 17.0.